The van der Waals surface area contributed by atoms with Gasteiger partial charge in [0.25, 0.3) is 0 Å². The van der Waals surface area contributed by atoms with E-state index >= 15 is 0 Å². The van der Waals surface area contributed by atoms with Crippen LogP contribution in [0.2, 0.25) is 0 Å². The fourth-order valence-electron chi connectivity index (χ4n) is 5.06. The zero-order valence-electron chi connectivity index (χ0n) is 18.2. The Bertz CT molecular complexity index is 765. The van der Waals surface area contributed by atoms with Crippen molar-refractivity contribution in [2.45, 2.75) is 50.7 Å². The van der Waals surface area contributed by atoms with Gasteiger partial charge in [0.05, 0.1) is 11.7 Å². The molecule has 30 heavy (non-hydrogen) atoms. The standard InChI is InChI=1S/C25H37N5/c26-13-4-5-16-30(24-12-6-10-22-11-7-14-28-25(22)24)20-23-19-29(17-15-27-23)18-21-8-2-1-3-9-21/h1-3,7-9,11,14,23-24,27H,4-6,10,12-13,15-20,26H2/t23?,24-/m0/s1. The van der Waals surface area contributed by atoms with E-state index in [0.717, 1.165) is 58.7 Å². The summed E-state index contributed by atoms with van der Waals surface area (Å²) in [5.74, 6) is 0. The van der Waals surface area contributed by atoms with Crippen molar-refractivity contribution < 1.29 is 0 Å². The van der Waals surface area contributed by atoms with Crippen LogP contribution in [-0.4, -0.2) is 60.1 Å². The van der Waals surface area contributed by atoms with Crippen molar-refractivity contribution in [2.24, 2.45) is 5.73 Å². The Kier molecular flexibility index (Phi) is 7.87. The molecule has 2 aliphatic rings. The molecule has 0 saturated carbocycles. The largest absolute Gasteiger partial charge is 0.330 e. The Hall–Kier alpha value is -1.79. The van der Waals surface area contributed by atoms with Gasteiger partial charge in [-0.2, -0.15) is 0 Å². The van der Waals surface area contributed by atoms with Gasteiger partial charge >= 0.3 is 0 Å². The van der Waals surface area contributed by atoms with E-state index in [9.17, 15) is 0 Å². The molecule has 162 valence electrons. The van der Waals surface area contributed by atoms with Crippen molar-refractivity contribution in [3.8, 4) is 0 Å². The molecule has 0 bridgehead atoms. The molecule has 0 amide bonds. The van der Waals surface area contributed by atoms with Crippen LogP contribution in [0.4, 0.5) is 0 Å². The minimum atomic E-state index is 0.444. The number of rotatable bonds is 9. The van der Waals surface area contributed by atoms with Gasteiger partial charge in [-0.1, -0.05) is 36.4 Å². The highest BCUT2D eigenvalue weighted by Crippen LogP contribution is 2.33. The summed E-state index contributed by atoms with van der Waals surface area (Å²) in [6, 6.07) is 16.1. The summed E-state index contributed by atoms with van der Waals surface area (Å²) >= 11 is 0. The van der Waals surface area contributed by atoms with Gasteiger partial charge in [-0.25, -0.2) is 0 Å². The minimum absolute atomic E-state index is 0.444. The van der Waals surface area contributed by atoms with Crippen LogP contribution in [0.5, 0.6) is 0 Å². The SMILES string of the molecule is NCCCCN(CC1CN(Cc2ccccc2)CCN1)[C@H]1CCCc2cccnc21. The molecule has 1 aliphatic heterocycles. The number of benzene rings is 1. The number of piperazine rings is 1. The highest BCUT2D eigenvalue weighted by molar-refractivity contribution is 5.25. The zero-order valence-corrected chi connectivity index (χ0v) is 18.2. The maximum Gasteiger partial charge on any atom is 0.0607 e. The molecule has 1 aromatic carbocycles. The van der Waals surface area contributed by atoms with Gasteiger partial charge < -0.3 is 11.1 Å². The molecule has 1 fully saturated rings. The average molecular weight is 408 g/mol. The predicted octanol–water partition coefficient (Wildman–Crippen LogP) is 2.97. The Morgan fingerprint density at radius 3 is 2.90 bits per heavy atom. The van der Waals surface area contributed by atoms with Gasteiger partial charge in [0, 0.05) is 45.0 Å². The number of hydrogen-bond donors (Lipinski definition) is 2. The van der Waals surface area contributed by atoms with E-state index in [1.165, 1.54) is 36.1 Å². The lowest BCUT2D eigenvalue weighted by atomic mass is 9.90. The third-order valence-electron chi connectivity index (χ3n) is 6.55. The molecule has 1 aliphatic carbocycles. The van der Waals surface area contributed by atoms with Gasteiger partial charge in [0.15, 0.2) is 0 Å². The molecule has 5 heteroatoms. The molecule has 2 aromatic rings. The van der Waals surface area contributed by atoms with Crippen LogP contribution in [0.15, 0.2) is 48.7 Å². The number of nitrogens with zero attached hydrogens (tertiary/aromatic N) is 3. The van der Waals surface area contributed by atoms with Gasteiger partial charge in [0.2, 0.25) is 0 Å². The average Bonchev–Trinajstić information content (AvgIpc) is 2.79. The van der Waals surface area contributed by atoms with E-state index in [-0.39, 0.29) is 0 Å². The summed E-state index contributed by atoms with van der Waals surface area (Å²) in [6.07, 6.45) is 7.87. The highest BCUT2D eigenvalue weighted by Gasteiger charge is 2.30. The summed E-state index contributed by atoms with van der Waals surface area (Å²) in [5.41, 5.74) is 9.96. The highest BCUT2D eigenvalue weighted by atomic mass is 15.2. The van der Waals surface area contributed by atoms with Crippen molar-refractivity contribution in [1.29, 1.82) is 0 Å². The summed E-state index contributed by atoms with van der Waals surface area (Å²) in [7, 11) is 0. The molecule has 1 saturated heterocycles. The molecular weight excluding hydrogens is 370 g/mol. The summed E-state index contributed by atoms with van der Waals surface area (Å²) in [4.78, 5) is 10.1. The van der Waals surface area contributed by atoms with Gasteiger partial charge in [0.1, 0.15) is 0 Å². The van der Waals surface area contributed by atoms with Crippen molar-refractivity contribution >= 4 is 0 Å². The summed E-state index contributed by atoms with van der Waals surface area (Å²) in [5, 5.41) is 3.79. The normalized spacial score (nSPS) is 22.2. The summed E-state index contributed by atoms with van der Waals surface area (Å²) in [6.45, 7) is 7.29. The molecule has 3 N–H and O–H groups in total. The Morgan fingerprint density at radius 1 is 1.13 bits per heavy atom. The number of nitrogens with one attached hydrogen (secondary N) is 1. The number of nitrogens with two attached hydrogens (primary N) is 1. The van der Waals surface area contributed by atoms with Crippen LogP contribution in [0, 0.1) is 0 Å². The second-order valence-electron chi connectivity index (χ2n) is 8.82. The monoisotopic (exact) mass is 407 g/mol. The topological polar surface area (TPSA) is 57.4 Å². The van der Waals surface area contributed by atoms with Crippen LogP contribution in [-0.2, 0) is 13.0 Å². The molecule has 2 heterocycles. The minimum Gasteiger partial charge on any atom is -0.330 e. The van der Waals surface area contributed by atoms with Crippen LogP contribution < -0.4 is 11.1 Å². The maximum atomic E-state index is 5.80. The van der Waals surface area contributed by atoms with Crippen molar-refractivity contribution in [1.82, 2.24) is 20.1 Å². The fourth-order valence-corrected chi connectivity index (χ4v) is 5.06. The van der Waals surface area contributed by atoms with Crippen molar-refractivity contribution in [3.05, 3.63) is 65.5 Å². The smallest absolute Gasteiger partial charge is 0.0607 e. The van der Waals surface area contributed by atoms with Crippen molar-refractivity contribution in [2.75, 3.05) is 39.3 Å². The van der Waals surface area contributed by atoms with E-state index in [1.54, 1.807) is 0 Å². The third kappa shape index (κ3) is 5.67. The molecule has 1 unspecified atom stereocenters. The lowest BCUT2D eigenvalue weighted by Crippen LogP contribution is -2.55. The number of unbranched alkanes of at least 4 members (excludes halogenated alkanes) is 1. The molecule has 0 spiro atoms. The number of aromatic nitrogens is 1. The Labute approximate surface area is 181 Å². The first-order chi connectivity index (χ1) is 14.8. The van der Waals surface area contributed by atoms with E-state index in [2.05, 4.69) is 57.6 Å². The lowest BCUT2D eigenvalue weighted by molar-refractivity contribution is 0.116. The zero-order chi connectivity index (χ0) is 20.6. The van der Waals surface area contributed by atoms with Crippen LogP contribution in [0.1, 0.15) is 48.5 Å². The number of aryl methyl sites for hydroxylation is 1. The lowest BCUT2D eigenvalue weighted by Gasteiger charge is -2.40. The number of hydrogen-bond acceptors (Lipinski definition) is 5. The first-order valence-electron chi connectivity index (χ1n) is 11.7. The van der Waals surface area contributed by atoms with E-state index in [1.807, 2.05) is 6.20 Å². The van der Waals surface area contributed by atoms with E-state index < -0.39 is 0 Å². The second-order valence-corrected chi connectivity index (χ2v) is 8.82. The predicted molar refractivity (Wildman–Crippen MR) is 123 cm³/mol. The molecule has 4 rings (SSSR count). The maximum absolute atomic E-state index is 5.80. The Balaban J connectivity index is 1.43. The fraction of sp³-hybridized carbons (Fsp3) is 0.560. The van der Waals surface area contributed by atoms with Crippen LogP contribution in [0.25, 0.3) is 0 Å². The summed E-state index contributed by atoms with van der Waals surface area (Å²) < 4.78 is 0. The first-order valence-corrected chi connectivity index (χ1v) is 11.7. The van der Waals surface area contributed by atoms with Crippen LogP contribution in [0.3, 0.4) is 0 Å². The van der Waals surface area contributed by atoms with Gasteiger partial charge in [-0.15, -0.1) is 0 Å². The number of fused-ring (bicyclic) bond motifs is 1. The van der Waals surface area contributed by atoms with Gasteiger partial charge in [-0.05, 0) is 62.4 Å². The van der Waals surface area contributed by atoms with Crippen molar-refractivity contribution in [3.63, 3.8) is 0 Å². The molecule has 1 aromatic heterocycles. The second kappa shape index (κ2) is 11.0. The van der Waals surface area contributed by atoms with Gasteiger partial charge in [-0.3, -0.25) is 14.8 Å². The third-order valence-corrected chi connectivity index (χ3v) is 6.55. The van der Waals surface area contributed by atoms with Crippen LogP contribution >= 0.6 is 0 Å². The van der Waals surface area contributed by atoms with E-state index in [4.69, 9.17) is 10.7 Å². The first kappa shape index (κ1) is 21.4. The number of pyridine rings is 1. The quantitative estimate of drug-likeness (QED) is 0.626. The molecule has 5 nitrogen and oxygen atoms in total. The Morgan fingerprint density at radius 2 is 2.03 bits per heavy atom. The molecule has 2 atom stereocenters. The molecule has 0 radical (unpaired) electrons. The van der Waals surface area contributed by atoms with E-state index in [0.29, 0.717) is 12.1 Å². The molecular formula is C25H37N5.